The number of ketones is 1. The minimum atomic E-state index is -0.831. The van der Waals surface area contributed by atoms with Crippen LogP contribution in [0.3, 0.4) is 0 Å². The first-order valence-corrected chi connectivity index (χ1v) is 11.2. The van der Waals surface area contributed by atoms with Crippen molar-refractivity contribution in [2.75, 3.05) is 20.8 Å². The van der Waals surface area contributed by atoms with E-state index in [0.717, 1.165) is 0 Å². The van der Waals surface area contributed by atoms with Crippen molar-refractivity contribution in [3.05, 3.63) is 29.5 Å². The number of hydrogen-bond donors (Lipinski definition) is 1. The first kappa shape index (κ1) is 23.8. The summed E-state index contributed by atoms with van der Waals surface area (Å²) >= 11 is 0. The van der Waals surface area contributed by atoms with Crippen LogP contribution < -0.4 is 4.74 Å². The highest BCUT2D eigenvalue weighted by molar-refractivity contribution is 6.12. The summed E-state index contributed by atoms with van der Waals surface area (Å²) in [5, 5.41) is 11.3. The maximum atomic E-state index is 13.7. The summed E-state index contributed by atoms with van der Waals surface area (Å²) in [4.78, 5) is 44.8. The number of rotatable bonds is 4. The minimum Gasteiger partial charge on any atom is -0.505 e. The number of nitrogens with zero attached hydrogens (tertiary/aromatic N) is 2. The summed E-state index contributed by atoms with van der Waals surface area (Å²) in [7, 11) is 2.80. The van der Waals surface area contributed by atoms with Crippen LogP contribution in [0.25, 0.3) is 10.9 Å². The van der Waals surface area contributed by atoms with Gasteiger partial charge in [-0.05, 0) is 58.7 Å². The molecule has 1 amide bonds. The quantitative estimate of drug-likeness (QED) is 0.532. The van der Waals surface area contributed by atoms with Gasteiger partial charge in [-0.25, -0.2) is 14.6 Å². The first-order valence-electron chi connectivity index (χ1n) is 11.2. The van der Waals surface area contributed by atoms with Crippen LogP contribution >= 0.6 is 0 Å². The molecule has 1 aromatic heterocycles. The van der Waals surface area contributed by atoms with Gasteiger partial charge in [0, 0.05) is 23.3 Å². The Balaban J connectivity index is 1.68. The normalized spacial score (nSPS) is 23.8. The van der Waals surface area contributed by atoms with E-state index in [2.05, 4.69) is 4.98 Å². The zero-order valence-corrected chi connectivity index (χ0v) is 20.3. The van der Waals surface area contributed by atoms with Crippen molar-refractivity contribution < 1.29 is 33.7 Å². The molecule has 1 aliphatic heterocycles. The van der Waals surface area contributed by atoms with E-state index < -0.39 is 35.0 Å². The van der Waals surface area contributed by atoms with Crippen LogP contribution in [0.2, 0.25) is 0 Å². The van der Waals surface area contributed by atoms with Crippen LogP contribution in [0.4, 0.5) is 4.79 Å². The molecular weight excluding hydrogens is 440 g/mol. The average Bonchev–Trinajstić information content (AvgIpc) is 3.33. The monoisotopic (exact) mass is 470 g/mol. The number of ether oxygens (including phenoxy) is 3. The molecule has 0 bridgehead atoms. The second-order valence-electron chi connectivity index (χ2n) is 10.1. The highest BCUT2D eigenvalue weighted by atomic mass is 16.6. The molecule has 9 nitrogen and oxygen atoms in total. The lowest BCUT2D eigenvalue weighted by Crippen LogP contribution is -2.43. The topological polar surface area (TPSA) is 115 Å². The van der Waals surface area contributed by atoms with E-state index in [0.29, 0.717) is 35.2 Å². The molecule has 9 heteroatoms. The van der Waals surface area contributed by atoms with Crippen molar-refractivity contribution in [2.24, 2.45) is 11.3 Å². The summed E-state index contributed by atoms with van der Waals surface area (Å²) in [5.74, 6) is -0.872. The number of hydrogen-bond acceptors (Lipinski definition) is 8. The lowest BCUT2D eigenvalue weighted by Gasteiger charge is -2.27. The molecule has 4 rings (SSSR count). The number of aryl methyl sites for hydroxylation is 1. The summed E-state index contributed by atoms with van der Waals surface area (Å²) in [6, 6.07) is 4.34. The molecule has 2 aromatic rings. The number of benzene rings is 1. The predicted octanol–water partition coefficient (Wildman–Crippen LogP) is 3.63. The van der Waals surface area contributed by atoms with Crippen molar-refractivity contribution in [1.29, 1.82) is 0 Å². The smallest absolute Gasteiger partial charge is 0.411 e. The molecule has 1 N–H and O–H groups in total. The number of esters is 1. The lowest BCUT2D eigenvalue weighted by molar-refractivity contribution is -0.145. The van der Waals surface area contributed by atoms with Gasteiger partial charge in [0.25, 0.3) is 0 Å². The third-order valence-electron chi connectivity index (χ3n) is 6.66. The van der Waals surface area contributed by atoms with Crippen LogP contribution in [0.15, 0.2) is 18.2 Å². The number of methoxy groups -OCH3 is 2. The number of fused-ring (bicyclic) bond motifs is 1. The Hall–Kier alpha value is -3.36. The number of pyridine rings is 1. The third kappa shape index (κ3) is 4.03. The zero-order chi connectivity index (χ0) is 25.0. The number of aromatic hydroxyl groups is 1. The number of Topliss-reactive ketones (excluding diaryl/α,β-unsaturated/α-hetero) is 1. The van der Waals surface area contributed by atoms with Gasteiger partial charge in [0.1, 0.15) is 23.1 Å². The van der Waals surface area contributed by atoms with E-state index in [1.807, 2.05) is 0 Å². The highest BCUT2D eigenvalue weighted by Gasteiger charge is 2.65. The van der Waals surface area contributed by atoms with Gasteiger partial charge >= 0.3 is 12.1 Å². The molecule has 1 saturated heterocycles. The van der Waals surface area contributed by atoms with Crippen molar-refractivity contribution in [2.45, 2.75) is 52.2 Å². The molecule has 182 valence electrons. The molecule has 34 heavy (non-hydrogen) atoms. The Bertz CT molecular complexity index is 1190. The van der Waals surface area contributed by atoms with E-state index in [9.17, 15) is 19.5 Å². The Labute approximate surface area is 198 Å². The Morgan fingerprint density at radius 1 is 1.18 bits per heavy atom. The molecule has 1 saturated carbocycles. The first-order chi connectivity index (χ1) is 15.9. The van der Waals surface area contributed by atoms with Crippen molar-refractivity contribution >= 4 is 28.7 Å². The maximum absolute atomic E-state index is 13.7. The van der Waals surface area contributed by atoms with E-state index in [4.69, 9.17) is 14.2 Å². The van der Waals surface area contributed by atoms with E-state index in [1.54, 1.807) is 45.9 Å². The maximum Gasteiger partial charge on any atom is 0.411 e. The molecule has 2 heterocycles. The zero-order valence-electron chi connectivity index (χ0n) is 20.3. The number of likely N-dealkylation sites (tertiary alicyclic amines) is 1. The second-order valence-corrected chi connectivity index (χ2v) is 10.1. The van der Waals surface area contributed by atoms with Gasteiger partial charge in [0.05, 0.1) is 31.0 Å². The molecule has 2 aliphatic rings. The van der Waals surface area contributed by atoms with Crippen LogP contribution in [-0.4, -0.2) is 65.2 Å². The second kappa shape index (κ2) is 8.14. The summed E-state index contributed by atoms with van der Waals surface area (Å²) in [5.41, 5.74) is -0.200. The molecule has 3 atom stereocenters. The lowest BCUT2D eigenvalue weighted by atomic mass is 9.93. The van der Waals surface area contributed by atoms with E-state index in [1.165, 1.54) is 19.1 Å². The van der Waals surface area contributed by atoms with Crippen LogP contribution in [0.1, 0.15) is 49.7 Å². The van der Waals surface area contributed by atoms with Gasteiger partial charge in [0.15, 0.2) is 5.78 Å². The fraction of sp³-hybridized carbons (Fsp3) is 0.520. The number of aromatic nitrogens is 1. The standard InChI is InChI=1S/C25H30N2O7/c1-13-20(28)19(15-9-14(32-5)7-8-17(15)26-13)21(29)16-10-25(16)11-18(22(30)33-6)27(12-25)23(31)34-24(2,3)4/h7-9,16,18,28H,10-12H2,1-6H3/t16?,18-,25?/m0/s1. The molecular formula is C25H30N2O7. The number of carbonyl (C=O) groups is 3. The highest BCUT2D eigenvalue weighted by Crippen LogP contribution is 2.62. The van der Waals surface area contributed by atoms with Gasteiger partial charge in [-0.1, -0.05) is 0 Å². The summed E-state index contributed by atoms with van der Waals surface area (Å²) in [6.45, 7) is 7.10. The Morgan fingerprint density at radius 3 is 2.50 bits per heavy atom. The predicted molar refractivity (Wildman–Crippen MR) is 123 cm³/mol. The summed E-state index contributed by atoms with van der Waals surface area (Å²) < 4.78 is 15.7. The van der Waals surface area contributed by atoms with Crippen molar-refractivity contribution in [1.82, 2.24) is 9.88 Å². The van der Waals surface area contributed by atoms with Gasteiger partial charge in [-0.2, -0.15) is 0 Å². The molecule has 2 fully saturated rings. The fourth-order valence-corrected chi connectivity index (χ4v) is 4.89. The summed E-state index contributed by atoms with van der Waals surface area (Å²) in [6.07, 6.45) is 0.169. The van der Waals surface area contributed by atoms with E-state index in [-0.39, 0.29) is 23.6 Å². The average molecular weight is 471 g/mol. The largest absolute Gasteiger partial charge is 0.505 e. The molecule has 1 spiro atoms. The SMILES string of the molecule is COC(=O)[C@@H]1CC2(CC2C(=O)c2c(O)c(C)nc3ccc(OC)cc23)CN1C(=O)OC(C)(C)C. The molecule has 1 aromatic carbocycles. The Morgan fingerprint density at radius 2 is 1.88 bits per heavy atom. The van der Waals surface area contributed by atoms with Crippen molar-refractivity contribution in [3.8, 4) is 11.5 Å². The molecule has 1 aliphatic carbocycles. The van der Waals surface area contributed by atoms with E-state index >= 15 is 0 Å². The van der Waals surface area contributed by atoms with Crippen LogP contribution in [0, 0.1) is 18.3 Å². The third-order valence-corrected chi connectivity index (χ3v) is 6.66. The minimum absolute atomic E-state index is 0.167. The van der Waals surface area contributed by atoms with Gasteiger partial charge in [-0.15, -0.1) is 0 Å². The van der Waals surface area contributed by atoms with Gasteiger partial charge in [0.2, 0.25) is 0 Å². The number of carbonyl (C=O) groups excluding carboxylic acids is 3. The molecule has 0 radical (unpaired) electrons. The number of amides is 1. The van der Waals surface area contributed by atoms with Crippen LogP contribution in [-0.2, 0) is 14.3 Å². The molecule has 2 unspecified atom stereocenters. The van der Waals surface area contributed by atoms with Crippen molar-refractivity contribution in [3.63, 3.8) is 0 Å². The fourth-order valence-electron chi connectivity index (χ4n) is 4.89. The van der Waals surface area contributed by atoms with Gasteiger partial charge in [-0.3, -0.25) is 9.69 Å². The van der Waals surface area contributed by atoms with Gasteiger partial charge < -0.3 is 19.3 Å². The van der Waals surface area contributed by atoms with Crippen LogP contribution in [0.5, 0.6) is 11.5 Å². The Kier molecular flexibility index (Phi) is 5.70.